The van der Waals surface area contributed by atoms with Crippen LogP contribution in [0.1, 0.15) is 32.0 Å². The molecule has 2 fully saturated rings. The SMILES string of the molecule is CCc1nc2ccccc2n1CC(=O)N[C@@H]1CCC[C@@H](N2CCOCC2)[C@@H]1O. The van der Waals surface area contributed by atoms with Crippen LogP contribution in [0.4, 0.5) is 0 Å². The lowest BCUT2D eigenvalue weighted by atomic mass is 9.86. The van der Waals surface area contributed by atoms with E-state index in [2.05, 4.69) is 15.2 Å². The number of nitrogens with zero attached hydrogens (tertiary/aromatic N) is 3. The number of hydrogen-bond acceptors (Lipinski definition) is 5. The van der Waals surface area contributed by atoms with Gasteiger partial charge in [-0.15, -0.1) is 0 Å². The van der Waals surface area contributed by atoms with Crippen LogP contribution in [0, 0.1) is 0 Å². The van der Waals surface area contributed by atoms with Crippen LogP contribution in [0.2, 0.25) is 0 Å². The summed E-state index contributed by atoms with van der Waals surface area (Å²) < 4.78 is 7.42. The van der Waals surface area contributed by atoms with Crippen molar-refractivity contribution in [2.24, 2.45) is 0 Å². The molecule has 7 heteroatoms. The molecule has 152 valence electrons. The highest BCUT2D eigenvalue weighted by molar-refractivity contribution is 5.81. The van der Waals surface area contributed by atoms with E-state index in [-0.39, 0.29) is 24.5 Å². The topological polar surface area (TPSA) is 79.6 Å². The molecule has 0 bridgehead atoms. The Hall–Kier alpha value is -1.96. The van der Waals surface area contributed by atoms with Gasteiger partial charge < -0.3 is 19.7 Å². The van der Waals surface area contributed by atoms with Crippen LogP contribution in [0.5, 0.6) is 0 Å². The minimum Gasteiger partial charge on any atom is -0.389 e. The average molecular weight is 386 g/mol. The second-order valence-corrected chi connectivity index (χ2v) is 7.77. The van der Waals surface area contributed by atoms with Gasteiger partial charge in [0.1, 0.15) is 12.4 Å². The summed E-state index contributed by atoms with van der Waals surface area (Å²) in [4.78, 5) is 19.8. The minimum absolute atomic E-state index is 0.0652. The minimum atomic E-state index is -0.541. The predicted octanol–water partition coefficient (Wildman–Crippen LogP) is 1.33. The quantitative estimate of drug-likeness (QED) is 0.810. The third-order valence-corrected chi connectivity index (χ3v) is 6.03. The first-order chi connectivity index (χ1) is 13.7. The summed E-state index contributed by atoms with van der Waals surface area (Å²) in [6, 6.07) is 7.80. The summed E-state index contributed by atoms with van der Waals surface area (Å²) >= 11 is 0. The fourth-order valence-corrected chi connectivity index (χ4v) is 4.59. The highest BCUT2D eigenvalue weighted by Crippen LogP contribution is 2.25. The van der Waals surface area contributed by atoms with E-state index < -0.39 is 6.10 Å². The molecule has 1 amide bonds. The van der Waals surface area contributed by atoms with E-state index in [0.29, 0.717) is 13.2 Å². The number of rotatable bonds is 5. The molecule has 1 saturated heterocycles. The van der Waals surface area contributed by atoms with Gasteiger partial charge in [0, 0.05) is 25.6 Å². The number of hydrogen-bond donors (Lipinski definition) is 2. The zero-order valence-corrected chi connectivity index (χ0v) is 16.5. The number of benzene rings is 1. The van der Waals surface area contributed by atoms with E-state index in [9.17, 15) is 9.90 Å². The molecule has 2 heterocycles. The van der Waals surface area contributed by atoms with E-state index in [1.807, 2.05) is 35.8 Å². The van der Waals surface area contributed by atoms with Gasteiger partial charge in [-0.1, -0.05) is 19.1 Å². The van der Waals surface area contributed by atoms with E-state index in [1.165, 1.54) is 0 Å². The summed E-state index contributed by atoms with van der Waals surface area (Å²) in [5, 5.41) is 14.0. The highest BCUT2D eigenvalue weighted by atomic mass is 16.5. The molecule has 4 rings (SSSR count). The van der Waals surface area contributed by atoms with Crippen LogP contribution in [0.15, 0.2) is 24.3 Å². The zero-order valence-electron chi connectivity index (χ0n) is 16.5. The Balaban J connectivity index is 1.43. The average Bonchev–Trinajstić information content (AvgIpc) is 3.08. The predicted molar refractivity (Wildman–Crippen MR) is 107 cm³/mol. The first-order valence-electron chi connectivity index (χ1n) is 10.4. The lowest BCUT2D eigenvalue weighted by Gasteiger charge is -2.43. The van der Waals surface area contributed by atoms with Crippen LogP contribution >= 0.6 is 0 Å². The van der Waals surface area contributed by atoms with Crippen molar-refractivity contribution in [3.05, 3.63) is 30.1 Å². The number of carbonyl (C=O) groups is 1. The normalized spacial score (nSPS) is 26.4. The summed E-state index contributed by atoms with van der Waals surface area (Å²) in [6.07, 6.45) is 3.03. The molecular weight excluding hydrogens is 356 g/mol. The van der Waals surface area contributed by atoms with E-state index in [0.717, 1.165) is 55.6 Å². The molecule has 1 aromatic heterocycles. The molecule has 1 aliphatic heterocycles. The zero-order chi connectivity index (χ0) is 19.5. The van der Waals surface area contributed by atoms with Crippen LogP contribution in [0.3, 0.4) is 0 Å². The second kappa shape index (κ2) is 8.59. The van der Waals surface area contributed by atoms with Crippen molar-refractivity contribution in [1.82, 2.24) is 19.8 Å². The third kappa shape index (κ3) is 3.92. The Morgan fingerprint density at radius 1 is 1.29 bits per heavy atom. The second-order valence-electron chi connectivity index (χ2n) is 7.77. The van der Waals surface area contributed by atoms with Gasteiger partial charge in [0.2, 0.25) is 5.91 Å². The van der Waals surface area contributed by atoms with Gasteiger partial charge in [-0.25, -0.2) is 4.98 Å². The van der Waals surface area contributed by atoms with E-state index in [1.54, 1.807) is 0 Å². The lowest BCUT2D eigenvalue weighted by molar-refractivity contribution is -0.124. The van der Waals surface area contributed by atoms with Crippen molar-refractivity contribution in [1.29, 1.82) is 0 Å². The number of fused-ring (bicyclic) bond motifs is 1. The molecule has 1 saturated carbocycles. The summed E-state index contributed by atoms with van der Waals surface area (Å²) in [5.74, 6) is 0.844. The maximum atomic E-state index is 12.8. The number of aromatic nitrogens is 2. The highest BCUT2D eigenvalue weighted by Gasteiger charge is 2.36. The Kier molecular flexibility index (Phi) is 5.94. The van der Waals surface area contributed by atoms with Gasteiger partial charge in [0.15, 0.2) is 0 Å². The Bertz CT molecular complexity index is 815. The number of morpholine rings is 1. The van der Waals surface area contributed by atoms with Crippen LogP contribution in [-0.2, 0) is 22.5 Å². The van der Waals surface area contributed by atoms with Crippen LogP contribution < -0.4 is 5.32 Å². The number of amides is 1. The fourth-order valence-electron chi connectivity index (χ4n) is 4.59. The molecule has 7 nitrogen and oxygen atoms in total. The molecule has 0 radical (unpaired) electrons. The van der Waals surface area contributed by atoms with E-state index >= 15 is 0 Å². The largest absolute Gasteiger partial charge is 0.389 e. The van der Waals surface area contributed by atoms with E-state index in [4.69, 9.17) is 4.74 Å². The molecule has 1 aliphatic carbocycles. The third-order valence-electron chi connectivity index (χ3n) is 6.03. The first-order valence-corrected chi connectivity index (χ1v) is 10.4. The standard InChI is InChI=1S/C21H30N4O3/c1-2-19-22-15-6-3-4-8-17(15)25(19)14-20(26)23-16-7-5-9-18(21(16)27)24-10-12-28-13-11-24/h3-4,6,8,16,18,21,27H,2,5,7,9-14H2,1H3,(H,23,26)/t16-,18-,21-/m1/s1. The number of para-hydroxylation sites is 2. The monoisotopic (exact) mass is 386 g/mol. The molecule has 2 N–H and O–H groups in total. The van der Waals surface area contributed by atoms with Crippen molar-refractivity contribution in [3.8, 4) is 0 Å². The van der Waals surface area contributed by atoms with Gasteiger partial charge in [-0.3, -0.25) is 9.69 Å². The number of nitrogens with one attached hydrogen (secondary N) is 1. The van der Waals surface area contributed by atoms with Gasteiger partial charge in [0.05, 0.1) is 36.4 Å². The Labute approximate surface area is 165 Å². The van der Waals surface area contributed by atoms with Crippen LogP contribution in [-0.4, -0.2) is 70.0 Å². The molecule has 2 aromatic rings. The number of aryl methyl sites for hydroxylation is 1. The first kappa shape index (κ1) is 19.4. The molecule has 2 aliphatic rings. The summed E-state index contributed by atoms with van der Waals surface area (Å²) in [7, 11) is 0. The van der Waals surface area contributed by atoms with Gasteiger partial charge in [0.25, 0.3) is 0 Å². The summed E-state index contributed by atoms with van der Waals surface area (Å²) in [6.45, 7) is 5.41. The molecular formula is C21H30N4O3. The molecule has 28 heavy (non-hydrogen) atoms. The maximum absolute atomic E-state index is 12.8. The molecule has 0 unspecified atom stereocenters. The van der Waals surface area contributed by atoms with Gasteiger partial charge in [-0.05, 0) is 31.4 Å². The number of imidazole rings is 1. The molecule has 3 atom stereocenters. The molecule has 1 aromatic carbocycles. The number of ether oxygens (including phenoxy) is 1. The number of aliphatic hydroxyl groups excluding tert-OH is 1. The summed E-state index contributed by atoms with van der Waals surface area (Å²) in [5.41, 5.74) is 1.89. The Morgan fingerprint density at radius 3 is 2.86 bits per heavy atom. The molecule has 0 spiro atoms. The Morgan fingerprint density at radius 2 is 2.07 bits per heavy atom. The fraction of sp³-hybridized carbons (Fsp3) is 0.619. The van der Waals surface area contributed by atoms with Gasteiger partial charge >= 0.3 is 0 Å². The van der Waals surface area contributed by atoms with Crippen molar-refractivity contribution in [2.75, 3.05) is 26.3 Å². The van der Waals surface area contributed by atoms with Crippen molar-refractivity contribution in [3.63, 3.8) is 0 Å². The maximum Gasteiger partial charge on any atom is 0.240 e. The number of aliphatic hydroxyl groups is 1. The van der Waals surface area contributed by atoms with Crippen molar-refractivity contribution in [2.45, 2.75) is 57.3 Å². The van der Waals surface area contributed by atoms with Gasteiger partial charge in [-0.2, -0.15) is 0 Å². The number of carbonyl (C=O) groups excluding carboxylic acids is 1. The van der Waals surface area contributed by atoms with Crippen molar-refractivity contribution >= 4 is 16.9 Å². The van der Waals surface area contributed by atoms with Crippen molar-refractivity contribution < 1.29 is 14.6 Å². The lowest BCUT2D eigenvalue weighted by Crippen LogP contribution is -2.58. The van der Waals surface area contributed by atoms with Crippen LogP contribution in [0.25, 0.3) is 11.0 Å². The smallest absolute Gasteiger partial charge is 0.240 e.